The van der Waals surface area contributed by atoms with Crippen molar-refractivity contribution in [3.05, 3.63) is 277 Å². The standard InChI is InChI=1S/C67H42N2O/c1-3-19-43(20-4-1)68(45-35-37-49-53-27-11-16-32-63(53)69(44-21-5-2-6-22-44)64-33-17-12-28-54(64)56(49)39-45)46-36-38-52-48-24-8-7-23-47(48)50-25-9-14-30-59(50)67(61(52)40-46)60-31-15-10-26-51(60)57-41-58-55-29-13-18-34-65(55)70-66(58)42-62(57)67/h1-42H. The molecule has 0 fully saturated rings. The van der Waals surface area contributed by atoms with E-state index in [1.807, 2.05) is 0 Å². The van der Waals surface area contributed by atoms with Crippen LogP contribution in [0.3, 0.4) is 0 Å². The maximum atomic E-state index is 6.78. The number of para-hydroxylation sites is 5. The Morgan fingerprint density at radius 1 is 0.286 bits per heavy atom. The van der Waals surface area contributed by atoms with Crippen LogP contribution in [-0.4, -0.2) is 0 Å². The van der Waals surface area contributed by atoms with Gasteiger partial charge in [0.05, 0.1) is 16.8 Å². The normalized spacial score (nSPS) is 14.6. The lowest BCUT2D eigenvalue weighted by Gasteiger charge is -2.36. The number of furan rings is 1. The number of benzene rings is 11. The van der Waals surface area contributed by atoms with Gasteiger partial charge in [0.1, 0.15) is 11.2 Å². The fourth-order valence-corrected chi connectivity index (χ4v) is 12.4. The fraction of sp³-hybridized carbons (Fsp3) is 0.0149. The summed E-state index contributed by atoms with van der Waals surface area (Å²) in [5.41, 5.74) is 24.9. The highest BCUT2D eigenvalue weighted by atomic mass is 16.3. The minimum atomic E-state index is -0.709. The topological polar surface area (TPSA) is 19.6 Å². The van der Waals surface area contributed by atoms with Gasteiger partial charge in [-0.3, -0.25) is 0 Å². The molecule has 1 unspecified atom stereocenters. The average molecular weight is 891 g/mol. The van der Waals surface area contributed by atoms with Gasteiger partial charge < -0.3 is 14.2 Å². The van der Waals surface area contributed by atoms with Gasteiger partial charge in [-0.25, -0.2) is 0 Å². The molecule has 2 aliphatic carbocycles. The van der Waals surface area contributed by atoms with Crippen molar-refractivity contribution in [3.63, 3.8) is 0 Å². The third-order valence-corrected chi connectivity index (χ3v) is 15.2. The zero-order valence-electron chi connectivity index (χ0n) is 38.1. The Labute approximate surface area is 406 Å². The molecule has 1 spiro atoms. The fourth-order valence-electron chi connectivity index (χ4n) is 12.4. The lowest BCUT2D eigenvalue weighted by atomic mass is 9.65. The predicted octanol–water partition coefficient (Wildman–Crippen LogP) is 18.2. The van der Waals surface area contributed by atoms with Crippen molar-refractivity contribution in [3.8, 4) is 55.6 Å². The number of nitrogens with zero attached hydrogens (tertiary/aromatic N) is 2. The van der Waals surface area contributed by atoms with E-state index in [1.165, 1.54) is 77.9 Å². The minimum absolute atomic E-state index is 0.709. The van der Waals surface area contributed by atoms with Gasteiger partial charge in [0, 0.05) is 44.6 Å². The summed E-state index contributed by atoms with van der Waals surface area (Å²) in [6.07, 6.45) is 0. The van der Waals surface area contributed by atoms with Crippen molar-refractivity contribution in [1.29, 1.82) is 0 Å². The average Bonchev–Trinajstić information content (AvgIpc) is 3.86. The Morgan fingerprint density at radius 3 is 1.47 bits per heavy atom. The van der Waals surface area contributed by atoms with E-state index in [4.69, 9.17) is 4.42 Å². The highest BCUT2D eigenvalue weighted by Crippen LogP contribution is 2.63. The summed E-state index contributed by atoms with van der Waals surface area (Å²) in [4.78, 5) is 4.87. The van der Waals surface area contributed by atoms with Crippen molar-refractivity contribution in [1.82, 2.24) is 0 Å². The maximum absolute atomic E-state index is 6.78. The van der Waals surface area contributed by atoms with E-state index in [-0.39, 0.29) is 0 Å². The molecule has 15 rings (SSSR count). The molecule has 0 bridgehead atoms. The first kappa shape index (κ1) is 38.9. The lowest BCUT2D eigenvalue weighted by molar-refractivity contribution is 0.666. The van der Waals surface area contributed by atoms with Crippen molar-refractivity contribution in [2.75, 3.05) is 9.80 Å². The molecule has 0 amide bonds. The van der Waals surface area contributed by atoms with E-state index in [0.717, 1.165) is 56.1 Å². The van der Waals surface area contributed by atoms with Crippen LogP contribution in [0.2, 0.25) is 0 Å². The highest BCUT2D eigenvalue weighted by molar-refractivity contribution is 6.09. The molecule has 70 heavy (non-hydrogen) atoms. The van der Waals surface area contributed by atoms with E-state index in [0.29, 0.717) is 0 Å². The molecule has 1 aliphatic heterocycles. The number of hydrogen-bond acceptors (Lipinski definition) is 3. The molecule has 326 valence electrons. The van der Waals surface area contributed by atoms with Crippen LogP contribution in [0.15, 0.2) is 259 Å². The Hall–Kier alpha value is -9.18. The molecule has 12 aromatic rings. The first-order valence-corrected chi connectivity index (χ1v) is 24.2. The van der Waals surface area contributed by atoms with Crippen LogP contribution in [0.4, 0.5) is 34.1 Å². The first-order valence-electron chi connectivity index (χ1n) is 24.2. The number of fused-ring (bicyclic) bond motifs is 20. The minimum Gasteiger partial charge on any atom is -0.456 e. The second-order valence-electron chi connectivity index (χ2n) is 18.7. The third-order valence-electron chi connectivity index (χ3n) is 15.2. The van der Waals surface area contributed by atoms with Crippen LogP contribution in [0.1, 0.15) is 22.3 Å². The summed E-state index contributed by atoms with van der Waals surface area (Å²) in [7, 11) is 0. The van der Waals surface area contributed by atoms with Crippen molar-refractivity contribution < 1.29 is 4.42 Å². The van der Waals surface area contributed by atoms with E-state index in [9.17, 15) is 0 Å². The van der Waals surface area contributed by atoms with Gasteiger partial charge in [-0.15, -0.1) is 0 Å². The zero-order valence-corrected chi connectivity index (χ0v) is 38.1. The SMILES string of the molecule is c1ccc(N(c2ccc3c(c2)-c2ccccc2N(c2ccccc2)c2ccccc2-3)c2ccc3c(c2)C2(c4ccccc4-c4ccccc4-3)c3ccccc3-c3cc4c(cc32)oc2ccccc24)cc1. The number of anilines is 6. The Balaban J connectivity index is 1.02. The molecule has 0 N–H and O–H groups in total. The second kappa shape index (κ2) is 14.9. The van der Waals surface area contributed by atoms with Gasteiger partial charge >= 0.3 is 0 Å². The van der Waals surface area contributed by atoms with Crippen molar-refractivity contribution in [2.24, 2.45) is 0 Å². The van der Waals surface area contributed by atoms with Crippen LogP contribution >= 0.6 is 0 Å². The van der Waals surface area contributed by atoms with Crippen molar-refractivity contribution in [2.45, 2.75) is 5.41 Å². The van der Waals surface area contributed by atoms with E-state index in [1.54, 1.807) is 0 Å². The zero-order chi connectivity index (χ0) is 45.9. The maximum Gasteiger partial charge on any atom is 0.135 e. The number of rotatable bonds is 4. The van der Waals surface area contributed by atoms with Gasteiger partial charge in [-0.1, -0.05) is 176 Å². The van der Waals surface area contributed by atoms with Crippen LogP contribution in [0.5, 0.6) is 0 Å². The van der Waals surface area contributed by atoms with Crippen LogP contribution in [0, 0.1) is 0 Å². The van der Waals surface area contributed by atoms with E-state index in [2.05, 4.69) is 265 Å². The molecular weight excluding hydrogens is 849 g/mol. The predicted molar refractivity (Wildman–Crippen MR) is 289 cm³/mol. The molecule has 1 aromatic heterocycles. The molecule has 3 heteroatoms. The summed E-state index contributed by atoms with van der Waals surface area (Å²) in [6, 6.07) is 94.0. The summed E-state index contributed by atoms with van der Waals surface area (Å²) in [6.45, 7) is 0. The molecule has 1 atom stereocenters. The molecule has 3 aliphatic rings. The Bertz CT molecular complexity index is 4090. The van der Waals surface area contributed by atoms with Gasteiger partial charge in [-0.05, 0) is 146 Å². The smallest absolute Gasteiger partial charge is 0.135 e. The third kappa shape index (κ3) is 5.40. The Kier molecular flexibility index (Phi) is 8.28. The summed E-state index contributed by atoms with van der Waals surface area (Å²) < 4.78 is 6.78. The van der Waals surface area contributed by atoms with E-state index >= 15 is 0 Å². The summed E-state index contributed by atoms with van der Waals surface area (Å²) in [5, 5.41) is 2.27. The quantitative estimate of drug-likeness (QED) is 0.176. The molecule has 11 aromatic carbocycles. The Morgan fingerprint density at radius 2 is 0.771 bits per heavy atom. The lowest BCUT2D eigenvalue weighted by Crippen LogP contribution is -2.29. The van der Waals surface area contributed by atoms with Gasteiger partial charge in [0.25, 0.3) is 0 Å². The van der Waals surface area contributed by atoms with Gasteiger partial charge in [0.15, 0.2) is 0 Å². The van der Waals surface area contributed by atoms with Crippen molar-refractivity contribution >= 4 is 56.1 Å². The van der Waals surface area contributed by atoms with Crippen LogP contribution < -0.4 is 9.80 Å². The molecule has 0 saturated heterocycles. The first-order chi connectivity index (χ1) is 34.7. The molecule has 2 heterocycles. The summed E-state index contributed by atoms with van der Waals surface area (Å²) in [5.74, 6) is 0. The summed E-state index contributed by atoms with van der Waals surface area (Å²) >= 11 is 0. The molecule has 0 saturated carbocycles. The highest BCUT2D eigenvalue weighted by Gasteiger charge is 2.50. The molecular formula is C67H42N2O. The second-order valence-corrected chi connectivity index (χ2v) is 18.7. The van der Waals surface area contributed by atoms with Crippen LogP contribution in [-0.2, 0) is 5.41 Å². The number of hydrogen-bond donors (Lipinski definition) is 0. The largest absolute Gasteiger partial charge is 0.456 e. The van der Waals surface area contributed by atoms with Crippen LogP contribution in [0.25, 0.3) is 77.6 Å². The van der Waals surface area contributed by atoms with E-state index < -0.39 is 5.41 Å². The van der Waals surface area contributed by atoms with Gasteiger partial charge in [0.2, 0.25) is 0 Å². The molecule has 3 nitrogen and oxygen atoms in total. The molecule has 0 radical (unpaired) electrons. The van der Waals surface area contributed by atoms with Gasteiger partial charge in [-0.2, -0.15) is 0 Å². The monoisotopic (exact) mass is 890 g/mol.